The van der Waals surface area contributed by atoms with Gasteiger partial charge in [0.2, 0.25) is 0 Å². The molecular formula is C25H22F3N5O. The molecule has 4 aromatic rings. The summed E-state index contributed by atoms with van der Waals surface area (Å²) in [4.78, 5) is 18.8. The van der Waals surface area contributed by atoms with Crippen LogP contribution < -0.4 is 5.32 Å². The Morgan fingerprint density at radius 1 is 1.03 bits per heavy atom. The maximum Gasteiger partial charge on any atom is 0.276 e. The van der Waals surface area contributed by atoms with Gasteiger partial charge in [-0.15, -0.1) is 0 Å². The van der Waals surface area contributed by atoms with Crippen molar-refractivity contribution < 1.29 is 18.0 Å². The summed E-state index contributed by atoms with van der Waals surface area (Å²) in [6.45, 7) is 2.42. The smallest absolute Gasteiger partial charge is 0.276 e. The van der Waals surface area contributed by atoms with E-state index in [9.17, 15) is 18.0 Å². The molecule has 1 amide bonds. The number of hydrogen-bond acceptors (Lipinski definition) is 4. The number of hydrogen-bond donors (Lipinski definition) is 2. The third-order valence-corrected chi connectivity index (χ3v) is 6.05. The number of fused-ring (bicyclic) bond motifs is 1. The predicted octanol–water partition coefficient (Wildman–Crippen LogP) is 5.28. The fourth-order valence-corrected chi connectivity index (χ4v) is 4.33. The van der Waals surface area contributed by atoms with E-state index in [0.717, 1.165) is 32.0 Å². The first kappa shape index (κ1) is 22.1. The lowest BCUT2D eigenvalue weighted by molar-refractivity contribution is 0.102. The second-order valence-electron chi connectivity index (χ2n) is 8.42. The number of nitrogens with one attached hydrogen (secondary N) is 2. The van der Waals surface area contributed by atoms with Crippen molar-refractivity contribution in [1.29, 1.82) is 0 Å². The van der Waals surface area contributed by atoms with Gasteiger partial charge in [-0.2, -0.15) is 5.10 Å². The van der Waals surface area contributed by atoms with E-state index in [1.165, 1.54) is 24.9 Å². The van der Waals surface area contributed by atoms with Crippen LogP contribution in [-0.4, -0.2) is 39.1 Å². The molecule has 1 aliphatic rings. The van der Waals surface area contributed by atoms with Gasteiger partial charge >= 0.3 is 0 Å². The molecule has 34 heavy (non-hydrogen) atoms. The highest BCUT2D eigenvalue weighted by Gasteiger charge is 2.19. The van der Waals surface area contributed by atoms with Crippen LogP contribution in [0, 0.1) is 17.5 Å². The highest BCUT2D eigenvalue weighted by molar-refractivity contribution is 6.11. The van der Waals surface area contributed by atoms with E-state index in [2.05, 4.69) is 25.4 Å². The molecule has 5 rings (SSSR count). The lowest BCUT2D eigenvalue weighted by Gasteiger charge is -2.26. The third kappa shape index (κ3) is 4.38. The maximum atomic E-state index is 14.8. The lowest BCUT2D eigenvalue weighted by atomic mass is 9.99. The van der Waals surface area contributed by atoms with Crippen molar-refractivity contribution in [3.8, 4) is 11.1 Å². The first-order valence-corrected chi connectivity index (χ1v) is 11.1. The topological polar surface area (TPSA) is 73.9 Å². The number of piperidine rings is 1. The summed E-state index contributed by atoms with van der Waals surface area (Å²) in [5.41, 5.74) is 1.66. The number of rotatable bonds is 5. The molecule has 0 radical (unpaired) electrons. The monoisotopic (exact) mass is 465 g/mol. The lowest BCUT2D eigenvalue weighted by Crippen LogP contribution is -2.29. The Labute approximate surface area is 193 Å². The number of carbonyl (C=O) groups is 1. The summed E-state index contributed by atoms with van der Waals surface area (Å²) in [5, 5.41) is 9.63. The summed E-state index contributed by atoms with van der Waals surface area (Å²) >= 11 is 0. The molecule has 3 heterocycles. The molecule has 6 nitrogen and oxygen atoms in total. The van der Waals surface area contributed by atoms with Crippen LogP contribution in [0.5, 0.6) is 0 Å². The van der Waals surface area contributed by atoms with E-state index in [1.807, 2.05) is 0 Å². The summed E-state index contributed by atoms with van der Waals surface area (Å²) < 4.78 is 43.2. The Hall–Kier alpha value is -3.72. The zero-order valence-electron chi connectivity index (χ0n) is 18.2. The highest BCUT2D eigenvalue weighted by atomic mass is 19.2. The Kier molecular flexibility index (Phi) is 6.02. The number of likely N-dealkylation sites (tertiary alicyclic amines) is 1. The number of anilines is 1. The first-order chi connectivity index (χ1) is 16.5. The van der Waals surface area contributed by atoms with Crippen LogP contribution in [0.15, 0.2) is 48.8 Å². The molecule has 2 N–H and O–H groups in total. The fraction of sp³-hybridized carbons (Fsp3) is 0.240. The van der Waals surface area contributed by atoms with Gasteiger partial charge in [-0.1, -0.05) is 12.5 Å². The van der Waals surface area contributed by atoms with Gasteiger partial charge in [-0.05, 0) is 67.4 Å². The van der Waals surface area contributed by atoms with E-state index in [1.54, 1.807) is 24.3 Å². The SMILES string of the molecule is O=C(Nc1cnccc1F)c1n[nH]c2ccc(-c3cc(CN4CCCCC4)cc(F)c3F)cc12. The average Bonchev–Trinajstić information content (AvgIpc) is 3.27. The van der Waals surface area contributed by atoms with Gasteiger partial charge in [-0.3, -0.25) is 19.8 Å². The number of aromatic nitrogens is 3. The zero-order valence-corrected chi connectivity index (χ0v) is 18.2. The molecule has 0 unspecified atom stereocenters. The third-order valence-electron chi connectivity index (χ3n) is 6.05. The van der Waals surface area contributed by atoms with Crippen LogP contribution in [0.25, 0.3) is 22.0 Å². The Morgan fingerprint density at radius 3 is 2.65 bits per heavy atom. The molecule has 9 heteroatoms. The molecule has 0 aliphatic carbocycles. The number of nitrogens with zero attached hydrogens (tertiary/aromatic N) is 3. The van der Waals surface area contributed by atoms with E-state index in [0.29, 0.717) is 28.6 Å². The number of amides is 1. The van der Waals surface area contributed by atoms with Crippen LogP contribution in [0.4, 0.5) is 18.9 Å². The standard InChI is InChI=1S/C25H22F3N5O/c26-19-6-7-29-13-22(19)30-25(34)24-18-12-16(4-5-21(18)31-32-24)17-10-15(11-20(27)23(17)28)14-33-8-2-1-3-9-33/h4-7,10-13H,1-3,8-9,14H2,(H,30,34)(H,31,32). The number of aromatic amines is 1. The van der Waals surface area contributed by atoms with Crippen LogP contribution in [0.2, 0.25) is 0 Å². The summed E-state index contributed by atoms with van der Waals surface area (Å²) in [6, 6.07) is 8.89. The van der Waals surface area contributed by atoms with Crippen LogP contribution >= 0.6 is 0 Å². The Bertz CT molecular complexity index is 1360. The molecule has 1 aliphatic heterocycles. The zero-order chi connectivity index (χ0) is 23.7. The van der Waals surface area contributed by atoms with Crippen molar-refractivity contribution in [1.82, 2.24) is 20.1 Å². The second kappa shape index (κ2) is 9.26. The predicted molar refractivity (Wildman–Crippen MR) is 123 cm³/mol. The van der Waals surface area contributed by atoms with E-state index in [4.69, 9.17) is 0 Å². The molecule has 0 saturated carbocycles. The quantitative estimate of drug-likeness (QED) is 0.421. The second-order valence-corrected chi connectivity index (χ2v) is 8.42. The van der Waals surface area contributed by atoms with Crippen LogP contribution in [-0.2, 0) is 6.54 Å². The van der Waals surface area contributed by atoms with Crippen molar-refractivity contribution in [2.75, 3.05) is 18.4 Å². The van der Waals surface area contributed by atoms with Gasteiger partial charge in [0.1, 0.15) is 5.82 Å². The van der Waals surface area contributed by atoms with E-state index >= 15 is 0 Å². The van der Waals surface area contributed by atoms with Crippen molar-refractivity contribution in [3.05, 3.63) is 77.5 Å². The summed E-state index contributed by atoms with van der Waals surface area (Å²) in [6.07, 6.45) is 5.85. The van der Waals surface area contributed by atoms with Gasteiger partial charge in [0.05, 0.1) is 17.4 Å². The molecule has 1 saturated heterocycles. The normalized spacial score (nSPS) is 14.4. The number of carbonyl (C=O) groups excluding carboxylic acids is 1. The largest absolute Gasteiger partial charge is 0.317 e. The van der Waals surface area contributed by atoms with Crippen molar-refractivity contribution in [2.24, 2.45) is 0 Å². The number of halogens is 3. The van der Waals surface area contributed by atoms with Crippen molar-refractivity contribution in [3.63, 3.8) is 0 Å². The van der Waals surface area contributed by atoms with Gasteiger partial charge in [0, 0.05) is 23.7 Å². The molecule has 1 fully saturated rings. The minimum absolute atomic E-state index is 0.00505. The first-order valence-electron chi connectivity index (χ1n) is 11.1. The van der Waals surface area contributed by atoms with Gasteiger partial charge in [0.15, 0.2) is 17.3 Å². The van der Waals surface area contributed by atoms with Crippen LogP contribution in [0.1, 0.15) is 35.3 Å². The van der Waals surface area contributed by atoms with Gasteiger partial charge < -0.3 is 5.32 Å². The number of benzene rings is 2. The molecule has 0 spiro atoms. The van der Waals surface area contributed by atoms with Crippen molar-refractivity contribution >= 4 is 22.5 Å². The van der Waals surface area contributed by atoms with Crippen molar-refractivity contribution in [2.45, 2.75) is 25.8 Å². The van der Waals surface area contributed by atoms with E-state index in [-0.39, 0.29) is 16.9 Å². The number of pyridine rings is 1. The fourth-order valence-electron chi connectivity index (χ4n) is 4.33. The van der Waals surface area contributed by atoms with Crippen LogP contribution in [0.3, 0.4) is 0 Å². The molecule has 0 atom stereocenters. The van der Waals surface area contributed by atoms with Gasteiger partial charge in [-0.25, -0.2) is 13.2 Å². The Balaban J connectivity index is 1.48. The molecular weight excluding hydrogens is 443 g/mol. The highest BCUT2D eigenvalue weighted by Crippen LogP contribution is 2.30. The average molecular weight is 465 g/mol. The summed E-state index contributed by atoms with van der Waals surface area (Å²) in [7, 11) is 0. The molecule has 0 bridgehead atoms. The number of H-pyrrole nitrogens is 1. The Morgan fingerprint density at radius 2 is 1.85 bits per heavy atom. The molecule has 2 aromatic heterocycles. The maximum absolute atomic E-state index is 14.8. The van der Waals surface area contributed by atoms with Gasteiger partial charge in [0.25, 0.3) is 5.91 Å². The minimum atomic E-state index is -0.950. The summed E-state index contributed by atoms with van der Waals surface area (Å²) in [5.74, 6) is -3.15. The molecule has 2 aromatic carbocycles. The molecule has 174 valence electrons. The minimum Gasteiger partial charge on any atom is -0.317 e. The van der Waals surface area contributed by atoms with E-state index < -0.39 is 23.4 Å².